The van der Waals surface area contributed by atoms with E-state index in [4.69, 9.17) is 9.84 Å². The van der Waals surface area contributed by atoms with Crippen LogP contribution in [0.5, 0.6) is 5.75 Å². The third-order valence-electron chi connectivity index (χ3n) is 3.59. The molecular weight excluding hydrogens is 240 g/mol. The van der Waals surface area contributed by atoms with Crippen molar-refractivity contribution in [1.82, 2.24) is 0 Å². The maximum Gasteiger partial charge on any atom is 0.303 e. The number of hydrogen-bond acceptors (Lipinski definition) is 2. The van der Waals surface area contributed by atoms with E-state index in [1.807, 2.05) is 0 Å². The molecule has 1 rings (SSSR count). The zero-order valence-corrected chi connectivity index (χ0v) is 12.5. The second kappa shape index (κ2) is 6.09. The normalized spacial score (nSPS) is 11.7. The van der Waals surface area contributed by atoms with Crippen LogP contribution in [0.2, 0.25) is 0 Å². The van der Waals surface area contributed by atoms with Gasteiger partial charge in [0.1, 0.15) is 5.75 Å². The van der Waals surface area contributed by atoms with Crippen LogP contribution in [0.4, 0.5) is 0 Å². The van der Waals surface area contributed by atoms with Crippen molar-refractivity contribution >= 4 is 5.97 Å². The summed E-state index contributed by atoms with van der Waals surface area (Å²) < 4.78 is 5.48. The lowest BCUT2D eigenvalue weighted by Gasteiger charge is -2.27. The minimum Gasteiger partial charge on any atom is -0.496 e. The minimum absolute atomic E-state index is 0.169. The first-order chi connectivity index (χ1) is 8.77. The molecule has 1 aromatic carbocycles. The molecule has 3 heteroatoms. The van der Waals surface area contributed by atoms with Gasteiger partial charge >= 0.3 is 5.97 Å². The zero-order chi connectivity index (χ0) is 14.6. The van der Waals surface area contributed by atoms with Crippen molar-refractivity contribution in [2.24, 2.45) is 0 Å². The Balaban J connectivity index is 3.07. The Bertz CT molecular complexity index is 447. The Morgan fingerprint density at radius 2 is 2.00 bits per heavy atom. The van der Waals surface area contributed by atoms with Crippen LogP contribution in [0.1, 0.15) is 57.6 Å². The number of rotatable bonds is 6. The summed E-state index contributed by atoms with van der Waals surface area (Å²) in [4.78, 5) is 10.7. The van der Waals surface area contributed by atoms with Crippen molar-refractivity contribution in [3.05, 3.63) is 29.3 Å². The Kier molecular flexibility index (Phi) is 4.98. The summed E-state index contributed by atoms with van der Waals surface area (Å²) >= 11 is 0. The van der Waals surface area contributed by atoms with E-state index in [-0.39, 0.29) is 11.8 Å². The van der Waals surface area contributed by atoms with Crippen LogP contribution >= 0.6 is 0 Å². The standard InChI is InChI=1S/C16H24O3/c1-11(2)12-6-7-13(14(10-12)19-5)16(3,4)9-8-15(17)18/h6-7,10-11H,8-9H2,1-5H3,(H,17,18). The average Bonchev–Trinajstić information content (AvgIpc) is 2.35. The molecule has 0 atom stereocenters. The highest BCUT2D eigenvalue weighted by atomic mass is 16.5. The third-order valence-corrected chi connectivity index (χ3v) is 3.59. The van der Waals surface area contributed by atoms with E-state index >= 15 is 0 Å². The lowest BCUT2D eigenvalue weighted by atomic mass is 9.79. The Labute approximate surface area is 115 Å². The predicted molar refractivity (Wildman–Crippen MR) is 77.0 cm³/mol. The smallest absolute Gasteiger partial charge is 0.303 e. The summed E-state index contributed by atoms with van der Waals surface area (Å²) in [5, 5.41) is 8.84. The van der Waals surface area contributed by atoms with E-state index in [1.54, 1.807) is 7.11 Å². The highest BCUT2D eigenvalue weighted by molar-refractivity contribution is 5.67. The quantitative estimate of drug-likeness (QED) is 0.846. The van der Waals surface area contributed by atoms with E-state index in [0.29, 0.717) is 12.3 Å². The van der Waals surface area contributed by atoms with Gasteiger partial charge in [0, 0.05) is 6.42 Å². The van der Waals surface area contributed by atoms with Gasteiger partial charge in [0.2, 0.25) is 0 Å². The second-order valence-electron chi connectivity index (χ2n) is 5.89. The van der Waals surface area contributed by atoms with Crippen molar-refractivity contribution in [2.45, 2.75) is 51.9 Å². The number of carboxylic acids is 1. The van der Waals surface area contributed by atoms with Crippen molar-refractivity contribution in [3.63, 3.8) is 0 Å². The fourth-order valence-corrected chi connectivity index (χ4v) is 2.18. The number of hydrogen-bond donors (Lipinski definition) is 1. The van der Waals surface area contributed by atoms with Crippen LogP contribution < -0.4 is 4.74 Å². The molecule has 0 amide bonds. The molecule has 0 fully saturated rings. The molecule has 0 radical (unpaired) electrons. The van der Waals surface area contributed by atoms with E-state index in [0.717, 1.165) is 11.3 Å². The second-order valence-corrected chi connectivity index (χ2v) is 5.89. The first kappa shape index (κ1) is 15.5. The van der Waals surface area contributed by atoms with E-state index in [9.17, 15) is 4.79 Å². The fraction of sp³-hybridized carbons (Fsp3) is 0.562. The molecule has 0 bridgehead atoms. The number of carbonyl (C=O) groups is 1. The van der Waals surface area contributed by atoms with Gasteiger partial charge in [-0.1, -0.05) is 39.8 Å². The minimum atomic E-state index is -0.758. The lowest BCUT2D eigenvalue weighted by molar-refractivity contribution is -0.137. The van der Waals surface area contributed by atoms with Gasteiger partial charge in [0.15, 0.2) is 0 Å². The molecule has 0 saturated carbocycles. The summed E-state index contributed by atoms with van der Waals surface area (Å²) in [5.74, 6) is 0.539. The maximum absolute atomic E-state index is 10.7. The summed E-state index contributed by atoms with van der Waals surface area (Å²) in [7, 11) is 1.66. The van der Waals surface area contributed by atoms with Crippen LogP contribution in [0.15, 0.2) is 18.2 Å². The molecule has 1 aromatic rings. The van der Waals surface area contributed by atoms with Crippen LogP contribution in [-0.2, 0) is 10.2 Å². The highest BCUT2D eigenvalue weighted by Crippen LogP contribution is 2.36. The summed E-state index contributed by atoms with van der Waals surface area (Å²) in [5.41, 5.74) is 2.09. The maximum atomic E-state index is 10.7. The van der Waals surface area contributed by atoms with Gasteiger partial charge in [-0.2, -0.15) is 0 Å². The molecule has 1 N–H and O–H groups in total. The molecule has 0 aliphatic carbocycles. The number of aliphatic carboxylic acids is 1. The molecule has 0 heterocycles. The molecule has 0 spiro atoms. The lowest BCUT2D eigenvalue weighted by Crippen LogP contribution is -2.20. The fourth-order valence-electron chi connectivity index (χ4n) is 2.18. The molecule has 0 unspecified atom stereocenters. The largest absolute Gasteiger partial charge is 0.496 e. The van der Waals surface area contributed by atoms with Crippen molar-refractivity contribution in [3.8, 4) is 5.75 Å². The van der Waals surface area contributed by atoms with Crippen molar-refractivity contribution < 1.29 is 14.6 Å². The van der Waals surface area contributed by atoms with Gasteiger partial charge in [0.25, 0.3) is 0 Å². The van der Waals surface area contributed by atoms with Crippen LogP contribution in [0, 0.1) is 0 Å². The SMILES string of the molecule is COc1cc(C(C)C)ccc1C(C)(C)CCC(=O)O. The van der Waals surface area contributed by atoms with Gasteiger partial charge in [-0.3, -0.25) is 4.79 Å². The topological polar surface area (TPSA) is 46.5 Å². The molecule has 0 aliphatic heterocycles. The first-order valence-corrected chi connectivity index (χ1v) is 6.68. The Morgan fingerprint density at radius 3 is 2.47 bits per heavy atom. The van der Waals surface area contributed by atoms with Crippen LogP contribution in [-0.4, -0.2) is 18.2 Å². The first-order valence-electron chi connectivity index (χ1n) is 6.68. The zero-order valence-electron chi connectivity index (χ0n) is 12.5. The summed E-state index contributed by atoms with van der Waals surface area (Å²) in [6, 6.07) is 6.23. The number of ether oxygens (including phenoxy) is 1. The third kappa shape index (κ3) is 3.98. The summed E-state index contributed by atoms with van der Waals surface area (Å²) in [6.45, 7) is 8.40. The van der Waals surface area contributed by atoms with E-state index in [2.05, 4.69) is 45.9 Å². The van der Waals surface area contributed by atoms with Gasteiger partial charge in [-0.25, -0.2) is 0 Å². The van der Waals surface area contributed by atoms with E-state index < -0.39 is 5.97 Å². The number of carboxylic acid groups (broad SMARTS) is 1. The highest BCUT2D eigenvalue weighted by Gasteiger charge is 2.25. The van der Waals surface area contributed by atoms with Crippen molar-refractivity contribution in [1.29, 1.82) is 0 Å². The molecule has 106 valence electrons. The van der Waals surface area contributed by atoms with Crippen LogP contribution in [0.25, 0.3) is 0 Å². The molecule has 19 heavy (non-hydrogen) atoms. The molecular formula is C16H24O3. The van der Waals surface area contributed by atoms with Crippen LogP contribution in [0.3, 0.4) is 0 Å². The van der Waals surface area contributed by atoms with Crippen molar-refractivity contribution in [2.75, 3.05) is 7.11 Å². The van der Waals surface area contributed by atoms with Gasteiger partial charge in [0.05, 0.1) is 7.11 Å². The molecule has 0 saturated heterocycles. The summed E-state index contributed by atoms with van der Waals surface area (Å²) in [6.07, 6.45) is 0.766. The molecule has 0 aromatic heterocycles. The monoisotopic (exact) mass is 264 g/mol. The number of methoxy groups -OCH3 is 1. The van der Waals surface area contributed by atoms with Gasteiger partial charge in [-0.15, -0.1) is 0 Å². The Morgan fingerprint density at radius 1 is 1.37 bits per heavy atom. The van der Waals surface area contributed by atoms with Gasteiger partial charge < -0.3 is 9.84 Å². The predicted octanol–water partition coefficient (Wildman–Crippen LogP) is 3.96. The number of benzene rings is 1. The van der Waals surface area contributed by atoms with E-state index in [1.165, 1.54) is 5.56 Å². The molecule has 3 nitrogen and oxygen atoms in total. The van der Waals surface area contributed by atoms with Gasteiger partial charge in [-0.05, 0) is 34.9 Å². The average molecular weight is 264 g/mol. The molecule has 0 aliphatic rings. The Hall–Kier alpha value is -1.51.